The molecule has 2 saturated carbocycles. The van der Waals surface area contributed by atoms with Gasteiger partial charge in [-0.15, -0.1) is 0 Å². The van der Waals surface area contributed by atoms with Gasteiger partial charge in [0.05, 0.1) is 23.5 Å². The highest BCUT2D eigenvalue weighted by Gasteiger charge is 2.48. The largest absolute Gasteiger partial charge is 0.497 e. The van der Waals surface area contributed by atoms with Crippen LogP contribution in [0.5, 0.6) is 5.75 Å². The number of likely N-dealkylation sites (tertiary alicyclic amines) is 2. The van der Waals surface area contributed by atoms with Crippen LogP contribution in [0.15, 0.2) is 36.4 Å². The van der Waals surface area contributed by atoms with E-state index in [9.17, 15) is 18.0 Å². The smallest absolute Gasteiger partial charge is 0.264 e. The molecule has 2 atom stereocenters. The number of amides is 2. The van der Waals surface area contributed by atoms with E-state index in [0.29, 0.717) is 36.9 Å². The molecule has 0 radical (unpaired) electrons. The van der Waals surface area contributed by atoms with Gasteiger partial charge in [0, 0.05) is 53.7 Å². The van der Waals surface area contributed by atoms with Crippen molar-refractivity contribution in [3.05, 3.63) is 53.1 Å². The van der Waals surface area contributed by atoms with Gasteiger partial charge in [0.2, 0.25) is 15.9 Å². The standard InChI is InChI=1S/C38H50N4O5S/c1-6-40-21-28-20-27(40)22-41(28)37(44)38(3,4)23-42-33-19-26(36(43)39-48(45,46)30-14-15-30)12-16-32(33)34(25-10-8-7-9-11-25)35(42)31-17-13-29(47-5)18-24(31)2/h12-13,16-19,25,27-28,30H,6-11,14-15,20-23H2,1-5H3,(H,39,43)/t27-,28-/m1/s1. The Labute approximate surface area is 285 Å². The van der Waals surface area contributed by atoms with E-state index in [4.69, 9.17) is 4.74 Å². The highest BCUT2D eigenvalue weighted by molar-refractivity contribution is 7.91. The van der Waals surface area contributed by atoms with E-state index in [0.717, 1.165) is 85.2 Å². The van der Waals surface area contributed by atoms with Crippen molar-refractivity contribution < 1.29 is 22.7 Å². The Morgan fingerprint density at radius 3 is 2.35 bits per heavy atom. The molecule has 3 aromatic rings. The van der Waals surface area contributed by atoms with E-state index < -0.39 is 26.6 Å². The lowest BCUT2D eigenvalue weighted by Gasteiger charge is -2.38. The minimum absolute atomic E-state index is 0.161. The molecule has 2 aromatic carbocycles. The second-order valence-corrected chi connectivity index (χ2v) is 17.2. The first kappa shape index (κ1) is 33.1. The van der Waals surface area contributed by atoms with Gasteiger partial charge >= 0.3 is 0 Å². The summed E-state index contributed by atoms with van der Waals surface area (Å²) in [5.74, 6) is 0.673. The van der Waals surface area contributed by atoms with Gasteiger partial charge in [-0.05, 0) is 107 Å². The molecule has 7 rings (SSSR count). The number of benzene rings is 2. The quantitative estimate of drug-likeness (QED) is 0.274. The number of rotatable bonds is 10. The van der Waals surface area contributed by atoms with E-state index in [1.165, 1.54) is 12.0 Å². The molecular formula is C38H50N4O5S. The first-order chi connectivity index (χ1) is 22.9. The zero-order valence-corrected chi connectivity index (χ0v) is 29.9. The molecule has 4 aliphatic rings. The van der Waals surface area contributed by atoms with Crippen LogP contribution in [0, 0.1) is 12.3 Å². The van der Waals surface area contributed by atoms with Crippen LogP contribution in [0.25, 0.3) is 22.2 Å². The highest BCUT2D eigenvalue weighted by atomic mass is 32.2. The number of hydrogen-bond donors (Lipinski definition) is 1. The van der Waals surface area contributed by atoms with Gasteiger partial charge in [-0.25, -0.2) is 13.1 Å². The first-order valence-corrected chi connectivity index (χ1v) is 19.4. The van der Waals surface area contributed by atoms with Crippen LogP contribution in [-0.2, 0) is 21.4 Å². The molecule has 2 saturated heterocycles. The molecule has 3 heterocycles. The van der Waals surface area contributed by atoms with Gasteiger partial charge in [0.25, 0.3) is 5.91 Å². The lowest BCUT2D eigenvalue weighted by molar-refractivity contribution is -0.143. The summed E-state index contributed by atoms with van der Waals surface area (Å²) in [7, 11) is -2.03. The molecule has 2 aliphatic carbocycles. The third-order valence-electron chi connectivity index (χ3n) is 11.4. The summed E-state index contributed by atoms with van der Waals surface area (Å²) in [6.45, 7) is 11.5. The molecule has 0 unspecified atom stereocenters. The number of aromatic nitrogens is 1. The molecule has 10 heteroatoms. The van der Waals surface area contributed by atoms with Gasteiger partial charge < -0.3 is 14.2 Å². The van der Waals surface area contributed by atoms with Crippen LogP contribution in [0.3, 0.4) is 0 Å². The summed E-state index contributed by atoms with van der Waals surface area (Å²) in [5, 5.41) is 0.574. The molecule has 2 bridgehead atoms. The Morgan fingerprint density at radius 2 is 1.73 bits per heavy atom. The summed E-state index contributed by atoms with van der Waals surface area (Å²) in [5.41, 5.74) is 4.93. The zero-order chi connectivity index (χ0) is 34.0. The summed E-state index contributed by atoms with van der Waals surface area (Å²) in [4.78, 5) is 32.5. The van der Waals surface area contributed by atoms with Crippen molar-refractivity contribution in [2.45, 2.75) is 109 Å². The number of hydrogen-bond acceptors (Lipinski definition) is 6. The lowest BCUT2D eigenvalue weighted by Crippen LogP contribution is -2.52. The Hall–Kier alpha value is -3.37. The van der Waals surface area contributed by atoms with Crippen LogP contribution in [0.2, 0.25) is 0 Å². The van der Waals surface area contributed by atoms with Gasteiger partial charge in [-0.3, -0.25) is 14.5 Å². The van der Waals surface area contributed by atoms with E-state index in [-0.39, 0.29) is 11.9 Å². The number of piperazine rings is 1. The number of nitrogens with one attached hydrogen (secondary N) is 1. The van der Waals surface area contributed by atoms with Gasteiger partial charge in [-0.1, -0.05) is 32.3 Å². The normalized spacial score (nSPS) is 22.1. The minimum atomic E-state index is -3.70. The van der Waals surface area contributed by atoms with Crippen LogP contribution < -0.4 is 9.46 Å². The minimum Gasteiger partial charge on any atom is -0.497 e. The van der Waals surface area contributed by atoms with Gasteiger partial charge in [0.15, 0.2) is 0 Å². The van der Waals surface area contributed by atoms with Crippen LogP contribution in [0.4, 0.5) is 0 Å². The first-order valence-electron chi connectivity index (χ1n) is 17.8. The van der Waals surface area contributed by atoms with Crippen molar-refractivity contribution >= 4 is 32.7 Å². The Bertz CT molecular complexity index is 1850. The van der Waals surface area contributed by atoms with Crippen LogP contribution in [-0.4, -0.2) is 78.7 Å². The zero-order valence-electron chi connectivity index (χ0n) is 29.0. The van der Waals surface area contributed by atoms with E-state index in [1.807, 2.05) is 18.2 Å². The van der Waals surface area contributed by atoms with Crippen molar-refractivity contribution in [2.24, 2.45) is 5.41 Å². The summed E-state index contributed by atoms with van der Waals surface area (Å²) in [6, 6.07) is 12.5. The average Bonchev–Trinajstić information content (AvgIpc) is 3.67. The van der Waals surface area contributed by atoms with Gasteiger partial charge in [-0.2, -0.15) is 0 Å². The molecule has 2 amide bonds. The van der Waals surface area contributed by atoms with Crippen molar-refractivity contribution in [3.63, 3.8) is 0 Å². The fourth-order valence-electron chi connectivity index (χ4n) is 8.69. The summed E-state index contributed by atoms with van der Waals surface area (Å²) >= 11 is 0. The maximum Gasteiger partial charge on any atom is 0.264 e. The second kappa shape index (κ2) is 12.5. The molecule has 4 fully saturated rings. The number of aryl methyl sites for hydroxylation is 1. The number of nitrogens with zero attached hydrogens (tertiary/aromatic N) is 3. The van der Waals surface area contributed by atoms with Crippen molar-refractivity contribution in [3.8, 4) is 17.0 Å². The third kappa shape index (κ3) is 5.93. The fourth-order valence-corrected chi connectivity index (χ4v) is 9.99. The summed E-state index contributed by atoms with van der Waals surface area (Å²) in [6.07, 6.45) is 7.90. The fraction of sp³-hybridized carbons (Fsp3) is 0.579. The Kier molecular flexibility index (Phi) is 8.63. The SMILES string of the molecule is CCN1C[C@H]2C[C@@H]1CN2C(=O)C(C)(C)Cn1c(-c2ccc(OC)cc2C)c(C2CCCCC2)c2ccc(C(=O)NS(=O)(=O)C3CC3)cc21. The van der Waals surface area contributed by atoms with Gasteiger partial charge in [0.1, 0.15) is 5.75 Å². The lowest BCUT2D eigenvalue weighted by atomic mass is 9.81. The van der Waals surface area contributed by atoms with Crippen LogP contribution in [0.1, 0.15) is 99.5 Å². The molecule has 48 heavy (non-hydrogen) atoms. The number of carbonyl (C=O) groups is 2. The predicted octanol–water partition coefficient (Wildman–Crippen LogP) is 6.23. The number of fused-ring (bicyclic) bond motifs is 3. The number of sulfonamides is 1. The van der Waals surface area contributed by atoms with Crippen molar-refractivity contribution in [2.75, 3.05) is 26.7 Å². The number of methoxy groups -OCH3 is 1. The molecule has 2 aliphatic heterocycles. The highest BCUT2D eigenvalue weighted by Crippen LogP contribution is 2.47. The summed E-state index contributed by atoms with van der Waals surface area (Å²) < 4.78 is 35.7. The van der Waals surface area contributed by atoms with Crippen molar-refractivity contribution in [1.82, 2.24) is 19.1 Å². The van der Waals surface area contributed by atoms with Crippen molar-refractivity contribution in [1.29, 1.82) is 0 Å². The monoisotopic (exact) mass is 674 g/mol. The Morgan fingerprint density at radius 1 is 0.979 bits per heavy atom. The molecule has 258 valence electrons. The number of ether oxygens (including phenoxy) is 1. The van der Waals surface area contributed by atoms with E-state index >= 15 is 0 Å². The molecule has 9 nitrogen and oxygen atoms in total. The van der Waals surface area contributed by atoms with Crippen LogP contribution >= 0.6 is 0 Å². The topological polar surface area (TPSA) is 101 Å². The molecule has 0 spiro atoms. The molecule has 1 aromatic heterocycles. The maximum absolute atomic E-state index is 14.4. The average molecular weight is 675 g/mol. The number of likely N-dealkylation sites (N-methyl/N-ethyl adjacent to an activating group) is 1. The van der Waals surface area contributed by atoms with E-state index in [1.54, 1.807) is 13.2 Å². The molecular weight excluding hydrogens is 625 g/mol. The molecule has 1 N–H and O–H groups in total. The third-order valence-corrected chi connectivity index (χ3v) is 13.2. The number of carbonyl (C=O) groups excluding carboxylic acids is 2. The second-order valence-electron chi connectivity index (χ2n) is 15.2. The van der Waals surface area contributed by atoms with E-state index in [2.05, 4.69) is 58.9 Å². The Balaban J connectivity index is 1.37. The predicted molar refractivity (Wildman–Crippen MR) is 189 cm³/mol. The maximum atomic E-state index is 14.4.